The maximum absolute atomic E-state index is 12.6. The topological polar surface area (TPSA) is 49.4 Å². The quantitative estimate of drug-likeness (QED) is 0.843. The number of amides is 2. The zero-order valence-electron chi connectivity index (χ0n) is 11.8. The minimum absolute atomic E-state index is 0.0457. The summed E-state index contributed by atoms with van der Waals surface area (Å²) in [5.41, 5.74) is 0.275. The van der Waals surface area contributed by atoms with E-state index in [9.17, 15) is 9.59 Å². The van der Waals surface area contributed by atoms with Gasteiger partial charge in [-0.15, -0.1) is 0 Å². The van der Waals surface area contributed by atoms with Gasteiger partial charge in [0.1, 0.15) is 6.04 Å². The molecule has 0 spiro atoms. The second kappa shape index (κ2) is 4.80. The van der Waals surface area contributed by atoms with Crippen LogP contribution in [0, 0.1) is 11.3 Å². The van der Waals surface area contributed by atoms with E-state index in [-0.39, 0.29) is 23.3 Å². The minimum atomic E-state index is -0.236. The highest BCUT2D eigenvalue weighted by Crippen LogP contribution is 2.39. The van der Waals surface area contributed by atoms with E-state index >= 15 is 0 Å². The molecule has 1 unspecified atom stereocenters. The molecule has 4 nitrogen and oxygen atoms in total. The molecule has 1 N–H and O–H groups in total. The van der Waals surface area contributed by atoms with Crippen molar-refractivity contribution < 1.29 is 9.59 Å². The Bertz CT molecular complexity index is 384. The van der Waals surface area contributed by atoms with Gasteiger partial charge in [0.2, 0.25) is 11.8 Å². The second-order valence-electron chi connectivity index (χ2n) is 6.91. The molecule has 1 saturated heterocycles. The molecule has 19 heavy (non-hydrogen) atoms. The third-order valence-corrected chi connectivity index (χ3v) is 4.98. The van der Waals surface area contributed by atoms with Crippen LogP contribution in [-0.2, 0) is 9.59 Å². The van der Waals surface area contributed by atoms with Gasteiger partial charge in [-0.1, -0.05) is 19.8 Å². The predicted molar refractivity (Wildman–Crippen MR) is 72.4 cm³/mol. The van der Waals surface area contributed by atoms with Crippen LogP contribution in [-0.4, -0.2) is 35.8 Å². The van der Waals surface area contributed by atoms with E-state index in [4.69, 9.17) is 0 Å². The van der Waals surface area contributed by atoms with Gasteiger partial charge in [-0.05, 0) is 37.0 Å². The minimum Gasteiger partial charge on any atom is -0.344 e. The van der Waals surface area contributed by atoms with Crippen LogP contribution < -0.4 is 5.32 Å². The molecule has 106 valence electrons. The Morgan fingerprint density at radius 1 is 1.26 bits per heavy atom. The smallest absolute Gasteiger partial charge is 0.245 e. The third-order valence-electron chi connectivity index (χ3n) is 4.98. The van der Waals surface area contributed by atoms with Crippen molar-refractivity contribution in [2.24, 2.45) is 11.3 Å². The summed E-state index contributed by atoms with van der Waals surface area (Å²) < 4.78 is 0. The highest BCUT2D eigenvalue weighted by molar-refractivity contribution is 5.90. The van der Waals surface area contributed by atoms with E-state index < -0.39 is 0 Å². The molecule has 0 aromatic heterocycles. The second-order valence-corrected chi connectivity index (χ2v) is 6.91. The van der Waals surface area contributed by atoms with Crippen LogP contribution in [0.25, 0.3) is 0 Å². The van der Waals surface area contributed by atoms with Gasteiger partial charge < -0.3 is 10.2 Å². The Morgan fingerprint density at radius 2 is 1.95 bits per heavy atom. The zero-order valence-corrected chi connectivity index (χ0v) is 11.8. The molecule has 2 saturated carbocycles. The van der Waals surface area contributed by atoms with Gasteiger partial charge in [0.05, 0.1) is 0 Å². The molecule has 0 bridgehead atoms. The van der Waals surface area contributed by atoms with Crippen LogP contribution in [0.1, 0.15) is 51.9 Å². The van der Waals surface area contributed by atoms with Gasteiger partial charge in [-0.3, -0.25) is 9.59 Å². The molecule has 4 heteroatoms. The molecule has 1 aliphatic heterocycles. The number of carbonyl (C=O) groups excluding carboxylic acids is 2. The molecular formula is C15H24N2O2. The molecule has 2 aliphatic carbocycles. The Hall–Kier alpha value is -1.06. The lowest BCUT2D eigenvalue weighted by atomic mass is 9.88. The lowest BCUT2D eigenvalue weighted by Crippen LogP contribution is -2.48. The van der Waals surface area contributed by atoms with Crippen LogP contribution >= 0.6 is 0 Å². The van der Waals surface area contributed by atoms with E-state index in [1.807, 2.05) is 4.90 Å². The Labute approximate surface area is 114 Å². The van der Waals surface area contributed by atoms with Crippen molar-refractivity contribution >= 4 is 11.8 Å². The van der Waals surface area contributed by atoms with E-state index in [0.717, 1.165) is 19.4 Å². The van der Waals surface area contributed by atoms with Gasteiger partial charge in [0.15, 0.2) is 0 Å². The van der Waals surface area contributed by atoms with Crippen molar-refractivity contribution in [3.8, 4) is 0 Å². The van der Waals surface area contributed by atoms with Crippen molar-refractivity contribution in [3.63, 3.8) is 0 Å². The number of nitrogens with zero attached hydrogens (tertiary/aromatic N) is 1. The highest BCUT2D eigenvalue weighted by atomic mass is 16.2. The van der Waals surface area contributed by atoms with Crippen LogP contribution in [0.4, 0.5) is 0 Å². The van der Waals surface area contributed by atoms with Gasteiger partial charge in [-0.25, -0.2) is 0 Å². The third kappa shape index (κ3) is 2.77. The van der Waals surface area contributed by atoms with Crippen molar-refractivity contribution in [2.45, 2.75) is 57.9 Å². The van der Waals surface area contributed by atoms with E-state index in [1.165, 1.54) is 25.7 Å². The molecule has 3 aliphatic rings. The average molecular weight is 264 g/mol. The van der Waals surface area contributed by atoms with Gasteiger partial charge >= 0.3 is 0 Å². The Kier molecular flexibility index (Phi) is 3.27. The van der Waals surface area contributed by atoms with Crippen molar-refractivity contribution in [1.29, 1.82) is 0 Å². The lowest BCUT2D eigenvalue weighted by molar-refractivity contribution is -0.135. The van der Waals surface area contributed by atoms with Crippen LogP contribution in [0.15, 0.2) is 0 Å². The summed E-state index contributed by atoms with van der Waals surface area (Å²) in [5, 5.41) is 2.93. The normalized spacial score (nSPS) is 31.2. The number of nitrogens with one attached hydrogen (secondary N) is 1. The molecule has 1 heterocycles. The Morgan fingerprint density at radius 3 is 2.58 bits per heavy atom. The summed E-state index contributed by atoms with van der Waals surface area (Å²) in [6.07, 6.45) is 7.62. The van der Waals surface area contributed by atoms with E-state index in [0.29, 0.717) is 18.9 Å². The molecule has 1 atom stereocenters. The summed E-state index contributed by atoms with van der Waals surface area (Å²) in [6, 6.07) is -0.236. The van der Waals surface area contributed by atoms with Crippen molar-refractivity contribution in [3.05, 3.63) is 0 Å². The maximum Gasteiger partial charge on any atom is 0.245 e. The monoisotopic (exact) mass is 264 g/mol. The van der Waals surface area contributed by atoms with Crippen LogP contribution in [0.2, 0.25) is 0 Å². The first-order valence-corrected chi connectivity index (χ1v) is 7.66. The Balaban J connectivity index is 1.71. The fourth-order valence-corrected chi connectivity index (χ4v) is 3.60. The first-order chi connectivity index (χ1) is 9.07. The number of rotatable bonds is 3. The molecule has 0 aromatic rings. The van der Waals surface area contributed by atoms with Crippen molar-refractivity contribution in [2.75, 3.05) is 13.1 Å². The van der Waals surface area contributed by atoms with Gasteiger partial charge in [0.25, 0.3) is 0 Å². The maximum atomic E-state index is 12.6. The zero-order chi connectivity index (χ0) is 13.5. The van der Waals surface area contributed by atoms with Crippen LogP contribution in [0.3, 0.4) is 0 Å². The molecule has 0 aromatic carbocycles. The summed E-state index contributed by atoms with van der Waals surface area (Å²) in [6.45, 7) is 3.73. The predicted octanol–water partition coefficient (Wildman–Crippen LogP) is 1.69. The molecule has 3 fully saturated rings. The molecular weight excluding hydrogens is 240 g/mol. The number of hydrogen-bond donors (Lipinski definition) is 1. The molecule has 2 amide bonds. The summed E-state index contributed by atoms with van der Waals surface area (Å²) in [4.78, 5) is 26.3. The molecule has 3 rings (SSSR count). The fraction of sp³-hybridized carbons (Fsp3) is 0.867. The number of hydrogen-bond acceptors (Lipinski definition) is 2. The molecule has 0 radical (unpaired) electrons. The largest absolute Gasteiger partial charge is 0.344 e. The van der Waals surface area contributed by atoms with Gasteiger partial charge in [-0.2, -0.15) is 0 Å². The standard InChI is InChI=1S/C15H24N2O2/c1-15(7-2-3-8-15)10-17-9-6-12(18)16-13(14(17)19)11-4-5-11/h11,13H,2-10H2,1H3,(H,16,18). The van der Waals surface area contributed by atoms with E-state index in [1.54, 1.807) is 0 Å². The number of carbonyl (C=O) groups is 2. The first kappa shape index (κ1) is 12.9. The van der Waals surface area contributed by atoms with E-state index in [2.05, 4.69) is 12.2 Å². The first-order valence-electron chi connectivity index (χ1n) is 7.66. The lowest BCUT2D eigenvalue weighted by Gasteiger charge is -2.33. The SMILES string of the molecule is CC1(CN2CCC(=O)NC(C3CC3)C2=O)CCCC1. The van der Waals surface area contributed by atoms with Crippen molar-refractivity contribution in [1.82, 2.24) is 10.2 Å². The fourth-order valence-electron chi connectivity index (χ4n) is 3.60. The average Bonchev–Trinajstić information content (AvgIpc) is 3.14. The van der Waals surface area contributed by atoms with Gasteiger partial charge in [0, 0.05) is 19.5 Å². The van der Waals surface area contributed by atoms with Crippen LogP contribution in [0.5, 0.6) is 0 Å². The summed E-state index contributed by atoms with van der Waals surface area (Å²) in [5.74, 6) is 0.610. The summed E-state index contributed by atoms with van der Waals surface area (Å²) in [7, 11) is 0. The highest BCUT2D eigenvalue weighted by Gasteiger charge is 2.42. The summed E-state index contributed by atoms with van der Waals surface area (Å²) >= 11 is 0.